The number of benzene rings is 1. The van der Waals surface area contributed by atoms with Crippen molar-refractivity contribution in [1.82, 2.24) is 30.4 Å². The Morgan fingerprint density at radius 2 is 1.91 bits per heavy atom. The molecule has 2 aliphatic heterocycles. The van der Waals surface area contributed by atoms with Gasteiger partial charge in [0, 0.05) is 17.2 Å². The fraction of sp³-hybridized carbons (Fsp3) is 0.435. The van der Waals surface area contributed by atoms with E-state index in [9.17, 15) is 32.7 Å². The van der Waals surface area contributed by atoms with E-state index in [1.165, 1.54) is 11.8 Å². The first kappa shape index (κ1) is 38.5. The van der Waals surface area contributed by atoms with Crippen molar-refractivity contribution < 1.29 is 104 Å². The van der Waals surface area contributed by atoms with Gasteiger partial charge in [-0.25, -0.2) is 14.3 Å². The summed E-state index contributed by atoms with van der Waals surface area (Å²) in [5, 5.41) is 25.1. The van der Waals surface area contributed by atoms with E-state index in [2.05, 4.69) is 26.2 Å². The molecule has 1 aromatic heterocycles. The molecule has 21 heteroatoms. The van der Waals surface area contributed by atoms with Crippen LogP contribution in [-0.4, -0.2) is 95.6 Å². The Kier molecular flexibility index (Phi) is 13.8. The zero-order valence-corrected chi connectivity index (χ0v) is 31.0. The molecule has 1 aromatic carbocycles. The zero-order chi connectivity index (χ0) is 30.8. The number of carboxylic acids is 1. The number of rotatable bonds is 10. The molecule has 230 valence electrons. The number of ether oxygens (including phenoxy) is 1. The van der Waals surface area contributed by atoms with Crippen LogP contribution in [-0.2, 0) is 41.5 Å². The van der Waals surface area contributed by atoms with Gasteiger partial charge in [-0.2, -0.15) is 8.42 Å². The first-order chi connectivity index (χ1) is 19.6. The molecule has 1 unspecified atom stereocenters. The Labute approximate surface area is 308 Å². The molecule has 0 radical (unpaired) electrons. The molecule has 1 saturated heterocycles. The van der Waals surface area contributed by atoms with Gasteiger partial charge >= 0.3 is 71.2 Å². The number of fused-ring (bicyclic) bond motifs is 1. The van der Waals surface area contributed by atoms with E-state index in [0.29, 0.717) is 16.8 Å². The minimum Gasteiger partial charge on any atom is -1.00 e. The molecule has 2 aromatic rings. The van der Waals surface area contributed by atoms with Gasteiger partial charge in [0.25, 0.3) is 16.0 Å². The molecule has 0 spiro atoms. The van der Waals surface area contributed by atoms with Gasteiger partial charge in [0.1, 0.15) is 22.7 Å². The van der Waals surface area contributed by atoms with Gasteiger partial charge in [-0.05, 0) is 48.4 Å². The first-order valence-electron chi connectivity index (χ1n) is 12.2. The summed E-state index contributed by atoms with van der Waals surface area (Å²) in [5.41, 5.74) is 0.281. The molecule has 1 fully saturated rings. The van der Waals surface area contributed by atoms with E-state index in [4.69, 9.17) is 9.29 Å². The number of carbonyl (C=O) groups is 4. The summed E-state index contributed by atoms with van der Waals surface area (Å²) in [6.45, 7) is 5.16. The van der Waals surface area contributed by atoms with Crippen LogP contribution in [0.2, 0.25) is 0 Å². The van der Waals surface area contributed by atoms with Crippen molar-refractivity contribution in [3.05, 3.63) is 41.1 Å². The molecule has 16 nitrogen and oxygen atoms in total. The molecular formula is C23H29N7Na2O9S3. The monoisotopic (exact) mass is 689 g/mol. The average Bonchev–Trinajstić information content (AvgIpc) is 3.30. The number of carboxylic acid groups (broad SMARTS) is 1. The smallest absolute Gasteiger partial charge is 1.00 e. The number of para-hydroxylation sites is 1. The molecule has 2 atom stereocenters. The van der Waals surface area contributed by atoms with Gasteiger partial charge in [-0.15, -0.1) is 16.9 Å². The first-order valence-corrected chi connectivity index (χ1v) is 15.9. The third-order valence-electron chi connectivity index (χ3n) is 5.73. The number of anilines is 1. The Balaban J connectivity index is 0.00000506. The van der Waals surface area contributed by atoms with Crippen molar-refractivity contribution in [2.45, 2.75) is 55.2 Å². The van der Waals surface area contributed by atoms with Crippen LogP contribution in [0.25, 0.3) is 0 Å². The van der Waals surface area contributed by atoms with Crippen molar-refractivity contribution in [2.24, 2.45) is 0 Å². The number of nitrogens with zero attached hydrogens (tertiary/aromatic N) is 5. The molecule has 4 N–H and O–H groups in total. The van der Waals surface area contributed by atoms with E-state index >= 15 is 0 Å². The summed E-state index contributed by atoms with van der Waals surface area (Å²) in [6.07, 6.45) is -0.842. The van der Waals surface area contributed by atoms with Crippen LogP contribution < -0.4 is 69.7 Å². The number of aliphatic carboxylic acids is 1. The van der Waals surface area contributed by atoms with Gasteiger partial charge in [0.2, 0.25) is 11.1 Å². The van der Waals surface area contributed by atoms with Crippen molar-refractivity contribution in [3.63, 3.8) is 0 Å². The third-order valence-corrected chi connectivity index (χ3v) is 8.68. The number of aromatic nitrogens is 4. The summed E-state index contributed by atoms with van der Waals surface area (Å²) in [6, 6.07) is 5.69. The molecule has 44 heavy (non-hydrogen) atoms. The molecule has 0 bridgehead atoms. The number of thioether (sulfide) groups is 2. The molecule has 3 heterocycles. The summed E-state index contributed by atoms with van der Waals surface area (Å²) in [7, 11) is -4.42. The van der Waals surface area contributed by atoms with Crippen LogP contribution in [0.4, 0.5) is 10.5 Å². The Hall–Kier alpha value is -1.68. The second kappa shape index (κ2) is 15.7. The van der Waals surface area contributed by atoms with Crippen molar-refractivity contribution in [2.75, 3.05) is 16.8 Å². The van der Waals surface area contributed by atoms with Gasteiger partial charge in [-0.3, -0.25) is 24.4 Å². The maximum Gasteiger partial charge on any atom is 1.00 e. The van der Waals surface area contributed by atoms with Crippen LogP contribution in [0.3, 0.4) is 0 Å². The van der Waals surface area contributed by atoms with Crippen LogP contribution >= 0.6 is 23.5 Å². The molecule has 0 aliphatic carbocycles. The van der Waals surface area contributed by atoms with E-state index in [1.807, 2.05) is 0 Å². The summed E-state index contributed by atoms with van der Waals surface area (Å²) in [4.78, 5) is 51.4. The number of hydrogen-bond donors (Lipinski definition) is 4. The van der Waals surface area contributed by atoms with Gasteiger partial charge in [0.15, 0.2) is 5.88 Å². The minimum absolute atomic E-state index is 0. The third kappa shape index (κ3) is 9.91. The number of β-lactam (4-membered cyclic amide) rings is 1. The Morgan fingerprint density at radius 3 is 2.55 bits per heavy atom. The number of carbonyl (C=O) groups excluding carboxylic acids is 3. The normalized spacial score (nSPS) is 17.8. The van der Waals surface area contributed by atoms with E-state index in [0.717, 1.165) is 21.3 Å². The number of hydrogen-bond acceptors (Lipinski definition) is 12. The van der Waals surface area contributed by atoms with E-state index in [-0.39, 0.29) is 90.7 Å². The van der Waals surface area contributed by atoms with Crippen LogP contribution in [0.5, 0.6) is 0 Å². The molecule has 0 saturated carbocycles. The minimum atomic E-state index is -4.42. The van der Waals surface area contributed by atoms with Crippen molar-refractivity contribution >= 4 is 63.2 Å². The van der Waals surface area contributed by atoms with E-state index < -0.39 is 56.9 Å². The SMILES string of the molecule is CC(C)(C)OC(=O)Nc1ccccc1CC(=O)NC1C(=O)N2C(C(=O)O)=C(CSc3nnnn3CS(=O)(=O)O)CS[C@H]12.[H-].[H-].[Na+].[Na+]. The van der Waals surface area contributed by atoms with Gasteiger partial charge < -0.3 is 18.0 Å². The van der Waals surface area contributed by atoms with Crippen LogP contribution in [0.15, 0.2) is 40.7 Å². The quantitative estimate of drug-likeness (QED) is 0.0796. The van der Waals surface area contributed by atoms with Gasteiger partial charge in [-0.1, -0.05) is 30.0 Å². The van der Waals surface area contributed by atoms with E-state index in [1.54, 1.807) is 45.0 Å². The maximum atomic E-state index is 13.0. The predicted molar refractivity (Wildman–Crippen MR) is 152 cm³/mol. The number of tetrazole rings is 1. The topological polar surface area (TPSA) is 223 Å². The second-order valence-electron chi connectivity index (χ2n) is 10.1. The fourth-order valence-electron chi connectivity index (χ4n) is 4.09. The molecule has 2 aliphatic rings. The summed E-state index contributed by atoms with van der Waals surface area (Å²) >= 11 is 2.20. The number of amides is 3. The molecule has 4 rings (SSSR count). The molecule has 3 amide bonds. The Morgan fingerprint density at radius 1 is 1.23 bits per heavy atom. The molecular weight excluding hydrogens is 660 g/mol. The van der Waals surface area contributed by atoms with Crippen molar-refractivity contribution in [1.29, 1.82) is 0 Å². The zero-order valence-electron chi connectivity index (χ0n) is 26.5. The Bertz CT molecular complexity index is 1580. The van der Waals surface area contributed by atoms with Crippen molar-refractivity contribution in [3.8, 4) is 0 Å². The standard InChI is InChI=1S/C23H27N7O9S3.2Na.2H/c1-23(2,3)39-22(35)24-14-7-5-4-6-12(14)8-15(31)25-16-18(32)30-17(20(33)34)13(9-40-19(16)30)10-41-21-26-27-28-29(21)11-42(36,37)38;;;;/h4-7,16,19H,8-11H2,1-3H3,(H,24,35)(H,25,31)(H,33,34)(H,36,37,38);;;;/q;2*+1;2*-1/t16?,19-;;;;/m1..../s1. The van der Waals surface area contributed by atoms with Crippen LogP contribution in [0, 0.1) is 0 Å². The maximum absolute atomic E-state index is 13.0. The second-order valence-corrected chi connectivity index (χ2v) is 13.6. The average molecular weight is 690 g/mol. The fourth-order valence-corrected chi connectivity index (χ4v) is 7.02. The summed E-state index contributed by atoms with van der Waals surface area (Å²) in [5.74, 6) is -3.09. The predicted octanol–water partition coefficient (Wildman–Crippen LogP) is -4.83. The van der Waals surface area contributed by atoms with Crippen LogP contribution in [0.1, 0.15) is 29.2 Å². The largest absolute Gasteiger partial charge is 1.00 e. The summed E-state index contributed by atoms with van der Waals surface area (Å²) < 4.78 is 37.5. The van der Waals surface area contributed by atoms with Gasteiger partial charge in [0.05, 0.1) is 6.42 Å². The number of nitrogens with one attached hydrogen (secondary N) is 2.